The maximum Gasteiger partial charge on any atom is 0.262 e. The van der Waals surface area contributed by atoms with Gasteiger partial charge in [0.15, 0.2) is 11.5 Å². The largest absolute Gasteiger partial charge is 0.378 e. The maximum absolute atomic E-state index is 14.6. The number of pyridine rings is 1. The zero-order valence-electron chi connectivity index (χ0n) is 26.1. The van der Waals surface area contributed by atoms with Crippen molar-refractivity contribution in [1.29, 1.82) is 5.41 Å². The number of allylic oxidation sites excluding steroid dienone is 5. The first-order chi connectivity index (χ1) is 19.0. The Bertz CT molecular complexity index is 1390. The van der Waals surface area contributed by atoms with Gasteiger partial charge in [-0.1, -0.05) is 51.8 Å². The van der Waals surface area contributed by atoms with E-state index in [0.717, 1.165) is 49.6 Å². The summed E-state index contributed by atoms with van der Waals surface area (Å²) in [5.74, 6) is -3.49. The first-order valence-corrected chi connectivity index (χ1v) is 14.1. The van der Waals surface area contributed by atoms with Crippen molar-refractivity contribution in [1.82, 2.24) is 19.6 Å². The first kappa shape index (κ1) is 33.7. The van der Waals surface area contributed by atoms with E-state index in [0.29, 0.717) is 22.5 Å². The highest BCUT2D eigenvalue weighted by molar-refractivity contribution is 6.12. The van der Waals surface area contributed by atoms with E-state index in [4.69, 9.17) is 5.41 Å². The standard InChI is InChI=1S/C33H46F3N5/c1-11-32(8,12-2)15-16-40(10)25(7)24(6)13-14-28(39-21-33(9,35)36)26(17-22(3)4)30(37)29-19-38-31-27(34)18-23(5)20-41(29)31/h14,17-20,37,39H,7,11-12,15-16,21H2,1-6,8-10H3/b28-26-,37-30?. The van der Waals surface area contributed by atoms with Gasteiger partial charge in [-0.2, -0.15) is 0 Å². The molecule has 2 rings (SSSR count). The van der Waals surface area contributed by atoms with Crippen LogP contribution in [0.5, 0.6) is 0 Å². The molecule has 2 heterocycles. The van der Waals surface area contributed by atoms with Gasteiger partial charge in [-0.15, -0.1) is 5.73 Å². The number of hydrogen-bond donors (Lipinski definition) is 2. The highest BCUT2D eigenvalue weighted by atomic mass is 19.3. The van der Waals surface area contributed by atoms with Crippen molar-refractivity contribution in [3.05, 3.63) is 88.1 Å². The highest BCUT2D eigenvalue weighted by Gasteiger charge is 2.23. The highest BCUT2D eigenvalue weighted by Crippen LogP contribution is 2.30. The molecule has 0 atom stereocenters. The van der Waals surface area contributed by atoms with Gasteiger partial charge in [-0.3, -0.25) is 9.81 Å². The van der Waals surface area contributed by atoms with Crippen molar-refractivity contribution in [2.45, 2.75) is 80.6 Å². The van der Waals surface area contributed by atoms with Crippen LogP contribution in [0.3, 0.4) is 0 Å². The van der Waals surface area contributed by atoms with Crippen molar-refractivity contribution in [3.8, 4) is 0 Å². The Balaban J connectivity index is 2.61. The molecule has 0 saturated carbocycles. The summed E-state index contributed by atoms with van der Waals surface area (Å²) in [7, 11) is 1.99. The van der Waals surface area contributed by atoms with Crippen LogP contribution in [0, 0.1) is 23.6 Å². The van der Waals surface area contributed by atoms with Gasteiger partial charge in [0.2, 0.25) is 0 Å². The normalized spacial score (nSPS) is 12.4. The van der Waals surface area contributed by atoms with Crippen molar-refractivity contribution >= 4 is 11.4 Å². The monoisotopic (exact) mass is 569 g/mol. The summed E-state index contributed by atoms with van der Waals surface area (Å²) < 4.78 is 44.0. The Morgan fingerprint density at radius 1 is 1.22 bits per heavy atom. The van der Waals surface area contributed by atoms with Crippen LogP contribution in [0.25, 0.3) is 5.65 Å². The van der Waals surface area contributed by atoms with Gasteiger partial charge in [0.05, 0.1) is 29.8 Å². The number of alkyl halides is 2. The minimum absolute atomic E-state index is 0.00989. The van der Waals surface area contributed by atoms with Gasteiger partial charge in [0.25, 0.3) is 5.92 Å². The van der Waals surface area contributed by atoms with Crippen LogP contribution >= 0.6 is 0 Å². The van der Waals surface area contributed by atoms with Gasteiger partial charge in [0.1, 0.15) is 0 Å². The lowest BCUT2D eigenvalue weighted by Crippen LogP contribution is -2.30. The topological polar surface area (TPSA) is 56.4 Å². The predicted octanol–water partition coefficient (Wildman–Crippen LogP) is 8.38. The molecule has 0 aliphatic rings. The Kier molecular flexibility index (Phi) is 11.4. The molecule has 0 unspecified atom stereocenters. The molecule has 0 aliphatic heterocycles. The van der Waals surface area contributed by atoms with Gasteiger partial charge in [-0.25, -0.2) is 18.2 Å². The number of nitrogens with zero attached hydrogens (tertiary/aromatic N) is 3. The lowest BCUT2D eigenvalue weighted by molar-refractivity contribution is 0.0254. The molecule has 0 fully saturated rings. The third-order valence-corrected chi connectivity index (χ3v) is 7.62. The molecule has 0 aromatic carbocycles. The van der Waals surface area contributed by atoms with Crippen LogP contribution in [-0.2, 0) is 0 Å². The fourth-order valence-corrected chi connectivity index (χ4v) is 4.27. The zero-order valence-corrected chi connectivity index (χ0v) is 26.1. The molecule has 2 N–H and O–H groups in total. The number of imidazole rings is 1. The van der Waals surface area contributed by atoms with Gasteiger partial charge >= 0.3 is 0 Å². The van der Waals surface area contributed by atoms with Crippen LogP contribution < -0.4 is 5.32 Å². The van der Waals surface area contributed by atoms with Gasteiger partial charge in [-0.05, 0) is 51.2 Å². The SMILES string of the molecule is C=C(C(C)=C=C/C(NCC(C)(F)F)=C(\C=C(C)C)C(=N)c1cnc2c(F)cc(C)cn12)N(C)CCC(C)(CC)CC. The van der Waals surface area contributed by atoms with E-state index in [1.165, 1.54) is 16.7 Å². The Morgan fingerprint density at radius 3 is 2.41 bits per heavy atom. The first-order valence-electron chi connectivity index (χ1n) is 14.1. The molecule has 0 spiro atoms. The molecular formula is C33H46F3N5. The number of fused-ring (bicyclic) bond motifs is 1. The lowest BCUT2D eigenvalue weighted by atomic mass is 9.81. The molecule has 0 radical (unpaired) electrons. The number of nitrogens with one attached hydrogen (secondary N) is 2. The molecule has 0 aliphatic carbocycles. The van der Waals surface area contributed by atoms with Crippen LogP contribution in [0.1, 0.15) is 79.0 Å². The summed E-state index contributed by atoms with van der Waals surface area (Å²) in [4.78, 5) is 6.25. The van der Waals surface area contributed by atoms with Crippen molar-refractivity contribution in [2.75, 3.05) is 20.1 Å². The van der Waals surface area contributed by atoms with Crippen molar-refractivity contribution in [3.63, 3.8) is 0 Å². The number of rotatable bonds is 14. The second-order valence-electron chi connectivity index (χ2n) is 11.6. The van der Waals surface area contributed by atoms with Crippen molar-refractivity contribution < 1.29 is 13.2 Å². The molecule has 0 bridgehead atoms. The molecule has 2 aromatic heterocycles. The van der Waals surface area contributed by atoms with E-state index >= 15 is 0 Å². The van der Waals surface area contributed by atoms with Crippen LogP contribution in [-0.4, -0.2) is 46.1 Å². The third kappa shape index (κ3) is 9.25. The summed E-state index contributed by atoms with van der Waals surface area (Å²) in [5.41, 5.74) is 7.61. The van der Waals surface area contributed by atoms with E-state index in [1.807, 2.05) is 27.8 Å². The number of aryl methyl sites for hydroxylation is 1. The Morgan fingerprint density at radius 2 is 1.85 bits per heavy atom. The summed E-state index contributed by atoms with van der Waals surface area (Å²) >= 11 is 0. The summed E-state index contributed by atoms with van der Waals surface area (Å²) in [6, 6.07) is 1.38. The second-order valence-corrected chi connectivity index (χ2v) is 11.6. The smallest absolute Gasteiger partial charge is 0.262 e. The molecule has 2 aromatic rings. The number of halogens is 3. The Hall–Kier alpha value is -3.51. The fourth-order valence-electron chi connectivity index (χ4n) is 4.27. The minimum Gasteiger partial charge on any atom is -0.378 e. The molecule has 0 amide bonds. The average Bonchev–Trinajstić information content (AvgIpc) is 3.33. The molecule has 8 heteroatoms. The molecule has 5 nitrogen and oxygen atoms in total. The molecular weight excluding hydrogens is 523 g/mol. The van der Waals surface area contributed by atoms with Gasteiger partial charge in [0, 0.05) is 49.6 Å². The van der Waals surface area contributed by atoms with Crippen LogP contribution in [0.15, 0.2) is 71.0 Å². The summed E-state index contributed by atoms with van der Waals surface area (Å²) in [6.07, 6.45) is 9.66. The van der Waals surface area contributed by atoms with E-state index in [1.54, 1.807) is 25.3 Å². The van der Waals surface area contributed by atoms with E-state index in [-0.39, 0.29) is 16.8 Å². The number of likely N-dealkylation sites (N-methyl/N-ethyl adjacent to an activating group) is 1. The van der Waals surface area contributed by atoms with Crippen molar-refractivity contribution in [2.24, 2.45) is 5.41 Å². The van der Waals surface area contributed by atoms with E-state index in [2.05, 4.69) is 48.3 Å². The third-order valence-electron chi connectivity index (χ3n) is 7.62. The molecule has 224 valence electrons. The zero-order chi connectivity index (χ0) is 31.1. The summed E-state index contributed by atoms with van der Waals surface area (Å²) in [6.45, 7) is 19.3. The average molecular weight is 570 g/mol. The summed E-state index contributed by atoms with van der Waals surface area (Å²) in [5, 5.41) is 11.9. The van der Waals surface area contributed by atoms with Gasteiger partial charge < -0.3 is 10.2 Å². The van der Waals surface area contributed by atoms with E-state index in [9.17, 15) is 13.2 Å². The fraction of sp³-hybridized carbons (Fsp3) is 0.485. The number of aromatic nitrogens is 2. The van der Waals surface area contributed by atoms with Crippen LogP contribution in [0.2, 0.25) is 0 Å². The maximum atomic E-state index is 14.6. The number of hydrogen-bond acceptors (Lipinski definition) is 4. The van der Waals surface area contributed by atoms with E-state index < -0.39 is 18.3 Å². The minimum atomic E-state index is -2.99. The molecule has 41 heavy (non-hydrogen) atoms. The second kappa shape index (κ2) is 13.9. The Labute approximate surface area is 243 Å². The van der Waals surface area contributed by atoms with Crippen LogP contribution in [0.4, 0.5) is 13.2 Å². The molecule has 0 saturated heterocycles. The predicted molar refractivity (Wildman–Crippen MR) is 164 cm³/mol. The quantitative estimate of drug-likeness (QED) is 0.137. The lowest BCUT2D eigenvalue weighted by Gasteiger charge is -2.30.